The zero-order chi connectivity index (χ0) is 24.4. The highest BCUT2D eigenvalue weighted by molar-refractivity contribution is 8.06. The molecule has 8 nitrogen and oxygen atoms in total. The van der Waals surface area contributed by atoms with Gasteiger partial charge in [0.25, 0.3) is 5.91 Å². The summed E-state index contributed by atoms with van der Waals surface area (Å²) in [5.74, 6) is -2.09. The van der Waals surface area contributed by atoms with E-state index in [0.717, 1.165) is 23.1 Å². The van der Waals surface area contributed by atoms with Crippen LogP contribution in [-0.2, 0) is 20.7 Å². The maximum absolute atomic E-state index is 13.4. The lowest BCUT2D eigenvalue weighted by Crippen LogP contribution is -2.26. The summed E-state index contributed by atoms with van der Waals surface area (Å²) in [4.78, 5) is 53.0. The van der Waals surface area contributed by atoms with Gasteiger partial charge in [-0.2, -0.15) is 0 Å². The first-order valence-corrected chi connectivity index (χ1v) is 12.4. The van der Waals surface area contributed by atoms with E-state index in [1.807, 2.05) is 6.07 Å². The zero-order valence-corrected chi connectivity index (χ0v) is 20.2. The molecule has 0 saturated carbocycles. The van der Waals surface area contributed by atoms with Gasteiger partial charge in [-0.1, -0.05) is 30.0 Å². The van der Waals surface area contributed by atoms with Crippen molar-refractivity contribution >= 4 is 57.2 Å². The number of nitrogens with one attached hydrogen (secondary N) is 1. The molecule has 1 aromatic carbocycles. The van der Waals surface area contributed by atoms with Crippen LogP contribution in [0.5, 0.6) is 0 Å². The summed E-state index contributed by atoms with van der Waals surface area (Å²) in [6, 6.07) is 8.84. The second-order valence-corrected chi connectivity index (χ2v) is 9.45. The van der Waals surface area contributed by atoms with Gasteiger partial charge in [-0.15, -0.1) is 11.3 Å². The summed E-state index contributed by atoms with van der Waals surface area (Å²) < 4.78 is 5.18. The monoisotopic (exact) mass is 498 g/mol. The van der Waals surface area contributed by atoms with Crippen molar-refractivity contribution in [2.45, 2.75) is 33.1 Å². The van der Waals surface area contributed by atoms with Crippen LogP contribution in [0.3, 0.4) is 0 Å². The van der Waals surface area contributed by atoms with Crippen molar-refractivity contribution in [3.05, 3.63) is 68.2 Å². The number of ether oxygens (including phenoxy) is 1. The van der Waals surface area contributed by atoms with Crippen LogP contribution in [0.1, 0.15) is 52.3 Å². The number of hydrogen-bond acceptors (Lipinski definition) is 9. The number of Topliss-reactive ketones (excluding diaryl/α,β-unsaturated/α-hetero) is 2. The third-order valence-electron chi connectivity index (χ3n) is 5.31. The highest BCUT2D eigenvalue weighted by Gasteiger charge is 2.34. The minimum Gasteiger partial charge on any atom is -0.494 e. The molecule has 1 aliphatic carbocycles. The Morgan fingerprint density at radius 2 is 1.91 bits per heavy atom. The molecule has 1 aromatic heterocycles. The van der Waals surface area contributed by atoms with Gasteiger partial charge in [0.05, 0.1) is 17.0 Å². The van der Waals surface area contributed by atoms with E-state index in [1.165, 1.54) is 17.2 Å². The van der Waals surface area contributed by atoms with Crippen LogP contribution in [0.25, 0.3) is 0 Å². The van der Waals surface area contributed by atoms with Crippen LogP contribution >= 0.6 is 23.1 Å². The van der Waals surface area contributed by atoms with E-state index in [-0.39, 0.29) is 39.4 Å². The standard InChI is InChI=1S/C24H22N2O6S2/c1-3-32-24(31)19-15-10-7-11-16(28)20(15)34-22(19)25-21(30)18(13(2)27)23-26(17(29)12-33-23)14-8-5-4-6-9-14/h4-6,8-9,12,29H,3,7,10-11H2,1-2H3,(H,25,30)/b23-18+. The molecule has 0 spiro atoms. The lowest BCUT2D eigenvalue weighted by atomic mass is 9.94. The minimum atomic E-state index is -0.740. The van der Waals surface area contributed by atoms with Crippen LogP contribution in [-0.4, -0.2) is 35.2 Å². The van der Waals surface area contributed by atoms with Crippen LogP contribution < -0.4 is 10.2 Å². The van der Waals surface area contributed by atoms with E-state index in [1.54, 1.807) is 31.2 Å². The van der Waals surface area contributed by atoms with Gasteiger partial charge < -0.3 is 15.2 Å². The lowest BCUT2D eigenvalue weighted by Gasteiger charge is -2.22. The van der Waals surface area contributed by atoms with Gasteiger partial charge in [-0.25, -0.2) is 4.79 Å². The molecular formula is C24H22N2O6S2. The highest BCUT2D eigenvalue weighted by Crippen LogP contribution is 2.41. The summed E-state index contributed by atoms with van der Waals surface area (Å²) in [5.41, 5.74) is 1.14. The molecule has 2 aliphatic rings. The second kappa shape index (κ2) is 9.86. The Bertz CT molecular complexity index is 1250. The Hall–Kier alpha value is -3.37. The number of hydrogen-bond donors (Lipinski definition) is 2. The Morgan fingerprint density at radius 1 is 1.18 bits per heavy atom. The topological polar surface area (TPSA) is 113 Å². The molecule has 34 heavy (non-hydrogen) atoms. The Morgan fingerprint density at radius 3 is 2.59 bits per heavy atom. The van der Waals surface area contributed by atoms with Crippen LogP contribution in [0.15, 0.2) is 52.2 Å². The van der Waals surface area contributed by atoms with Crippen LogP contribution in [0, 0.1) is 0 Å². The molecule has 0 saturated heterocycles. The number of rotatable bonds is 6. The summed E-state index contributed by atoms with van der Waals surface area (Å²) in [5, 5.41) is 14.9. The maximum atomic E-state index is 13.4. The fourth-order valence-electron chi connectivity index (χ4n) is 3.86. The number of aliphatic hydroxyl groups is 1. The van der Waals surface area contributed by atoms with E-state index in [2.05, 4.69) is 5.32 Å². The smallest absolute Gasteiger partial charge is 0.341 e. The van der Waals surface area contributed by atoms with Crippen molar-refractivity contribution in [3.63, 3.8) is 0 Å². The van der Waals surface area contributed by atoms with Gasteiger partial charge in [0, 0.05) is 17.5 Å². The number of thiophene rings is 1. The fourth-order valence-corrected chi connectivity index (χ4v) is 6.04. The molecule has 0 radical (unpaired) electrons. The summed E-state index contributed by atoms with van der Waals surface area (Å²) in [7, 11) is 0. The average Bonchev–Trinajstić information content (AvgIpc) is 3.35. The van der Waals surface area contributed by atoms with E-state index in [9.17, 15) is 24.3 Å². The number of amides is 1. The number of benzene rings is 1. The van der Waals surface area contributed by atoms with Crippen molar-refractivity contribution in [1.29, 1.82) is 0 Å². The minimum absolute atomic E-state index is 0.0850. The number of carbonyl (C=O) groups is 4. The number of aliphatic hydroxyl groups excluding tert-OH is 1. The molecule has 0 atom stereocenters. The lowest BCUT2D eigenvalue weighted by molar-refractivity contribution is -0.118. The zero-order valence-electron chi connectivity index (χ0n) is 18.5. The van der Waals surface area contributed by atoms with Gasteiger partial charge >= 0.3 is 5.97 Å². The molecule has 176 valence electrons. The molecule has 1 amide bonds. The van der Waals surface area contributed by atoms with Crippen LogP contribution in [0.4, 0.5) is 10.7 Å². The number of fused-ring (bicyclic) bond motifs is 1. The molecule has 2 N–H and O–H groups in total. The van der Waals surface area contributed by atoms with Crippen molar-refractivity contribution in [1.82, 2.24) is 0 Å². The molecule has 0 unspecified atom stereocenters. The molecule has 2 aromatic rings. The van der Waals surface area contributed by atoms with E-state index >= 15 is 0 Å². The second-order valence-electron chi connectivity index (χ2n) is 7.57. The summed E-state index contributed by atoms with van der Waals surface area (Å²) in [6.45, 7) is 3.07. The van der Waals surface area contributed by atoms with E-state index in [4.69, 9.17) is 4.74 Å². The van der Waals surface area contributed by atoms with Crippen molar-refractivity contribution in [2.24, 2.45) is 0 Å². The number of carbonyl (C=O) groups excluding carboxylic acids is 4. The fraction of sp³-hybridized carbons (Fsp3) is 0.250. The highest BCUT2D eigenvalue weighted by atomic mass is 32.2. The van der Waals surface area contributed by atoms with Gasteiger partial charge in [0.1, 0.15) is 15.6 Å². The van der Waals surface area contributed by atoms with Gasteiger partial charge in [0.2, 0.25) is 5.88 Å². The number of ketones is 2. The molecule has 1 aliphatic heterocycles. The summed E-state index contributed by atoms with van der Waals surface area (Å²) in [6.07, 6.45) is 1.51. The quantitative estimate of drug-likeness (QED) is 0.253. The molecule has 4 rings (SSSR count). The Balaban J connectivity index is 1.76. The first-order valence-electron chi connectivity index (χ1n) is 10.7. The van der Waals surface area contributed by atoms with E-state index < -0.39 is 17.7 Å². The van der Waals surface area contributed by atoms with Crippen molar-refractivity contribution in [2.75, 3.05) is 16.8 Å². The molecule has 0 bridgehead atoms. The normalized spacial score (nSPS) is 16.6. The molecule has 2 heterocycles. The predicted octanol–water partition coefficient (Wildman–Crippen LogP) is 4.79. The largest absolute Gasteiger partial charge is 0.494 e. The van der Waals surface area contributed by atoms with Gasteiger partial charge in [-0.05, 0) is 44.4 Å². The Labute approximate surface area is 204 Å². The first kappa shape index (κ1) is 23.8. The summed E-state index contributed by atoms with van der Waals surface area (Å²) >= 11 is 2.07. The molecule has 10 heteroatoms. The van der Waals surface area contributed by atoms with Gasteiger partial charge in [0.15, 0.2) is 11.6 Å². The van der Waals surface area contributed by atoms with Crippen molar-refractivity contribution < 1.29 is 29.0 Å². The first-order chi connectivity index (χ1) is 16.3. The number of thioether (sulfide) groups is 1. The third-order valence-corrected chi connectivity index (χ3v) is 7.44. The van der Waals surface area contributed by atoms with E-state index in [0.29, 0.717) is 35.4 Å². The number of nitrogens with zero attached hydrogens (tertiary/aromatic N) is 1. The van der Waals surface area contributed by atoms with Crippen LogP contribution in [0.2, 0.25) is 0 Å². The SMILES string of the molecule is CCOC(=O)c1c(NC(=O)/C(C(C)=O)=C2/SC=C(O)N2c2ccccc2)sc2c1CCCC2=O. The number of para-hydroxylation sites is 1. The molecule has 0 fully saturated rings. The van der Waals surface area contributed by atoms with Crippen molar-refractivity contribution in [3.8, 4) is 0 Å². The maximum Gasteiger partial charge on any atom is 0.341 e. The number of esters is 1. The average molecular weight is 499 g/mol. The molecular weight excluding hydrogens is 476 g/mol. The predicted molar refractivity (Wildman–Crippen MR) is 131 cm³/mol. The number of anilines is 2. The Kier molecular flexibility index (Phi) is 6.90. The third kappa shape index (κ3) is 4.38. The van der Waals surface area contributed by atoms with Gasteiger partial charge in [-0.3, -0.25) is 19.3 Å².